The van der Waals surface area contributed by atoms with Crippen molar-refractivity contribution in [2.24, 2.45) is 0 Å². The third-order valence-corrected chi connectivity index (χ3v) is 17.2. The number of hydrogen-bond donors (Lipinski definition) is 0. The monoisotopic (exact) mass is 933 g/mol. The highest BCUT2D eigenvalue weighted by atomic mass is 32.1. The molecule has 0 spiro atoms. The van der Waals surface area contributed by atoms with Gasteiger partial charge in [-0.3, -0.25) is 0 Å². The van der Waals surface area contributed by atoms with Crippen LogP contribution in [-0.4, -0.2) is 24.1 Å². The Balaban J connectivity index is 0.939. The van der Waals surface area contributed by atoms with E-state index in [1.807, 2.05) is 22.7 Å². The van der Waals surface area contributed by atoms with Gasteiger partial charge in [0.15, 0.2) is 11.6 Å². The number of aromatic nitrogens is 5. The molecule has 2 atom stereocenters. The number of allylic oxidation sites excluding steroid dienone is 6. The first-order chi connectivity index (χ1) is 34.7. The molecule has 5 heterocycles. The quantitative estimate of drug-likeness (QED) is 0.156. The molecule has 0 radical (unpaired) electrons. The zero-order valence-electron chi connectivity index (χ0n) is 38.1. The predicted molar refractivity (Wildman–Crippen MR) is 297 cm³/mol. The van der Waals surface area contributed by atoms with Crippen molar-refractivity contribution in [3.63, 3.8) is 0 Å². The molecular formula is C63H43N5S2. The van der Waals surface area contributed by atoms with E-state index in [0.717, 1.165) is 59.7 Å². The third kappa shape index (κ3) is 6.18. The summed E-state index contributed by atoms with van der Waals surface area (Å²) in [6.45, 7) is 0. The molecule has 0 aliphatic heterocycles. The number of nitrogens with zero attached hydrogens (tertiary/aromatic N) is 5. The summed E-state index contributed by atoms with van der Waals surface area (Å²) in [5, 5.41) is 10.0. The SMILES string of the molecule is C1=CCC(n2c3ccccc3c3cc(-c4ccc5c(c4)c4ccccc4n5-c4cc(-c5nc(-c6cccc7c6sc6ccccc67)nc(C6CC=CCC6)n5)cc5sc6ccccc6c45)ccc32)C=C1. The minimum atomic E-state index is 0.219. The molecule has 5 aromatic heterocycles. The van der Waals surface area contributed by atoms with Crippen molar-refractivity contribution in [1.29, 1.82) is 0 Å². The average molecular weight is 934 g/mol. The first-order valence-electron chi connectivity index (χ1n) is 24.4. The topological polar surface area (TPSA) is 48.5 Å². The summed E-state index contributed by atoms with van der Waals surface area (Å²) in [6, 6.07) is 61.0. The molecule has 0 saturated heterocycles. The van der Waals surface area contributed by atoms with Gasteiger partial charge >= 0.3 is 0 Å². The van der Waals surface area contributed by atoms with Crippen LogP contribution < -0.4 is 0 Å². The molecule has 2 aliphatic carbocycles. The van der Waals surface area contributed by atoms with Crippen molar-refractivity contribution in [2.75, 3.05) is 0 Å². The van der Waals surface area contributed by atoms with E-state index in [1.165, 1.54) is 89.6 Å². The number of thiophene rings is 2. The molecule has 0 saturated carbocycles. The highest BCUT2D eigenvalue weighted by Gasteiger charge is 2.25. The highest BCUT2D eigenvalue weighted by molar-refractivity contribution is 7.26. The normalized spacial score (nSPS) is 16.2. The van der Waals surface area contributed by atoms with Crippen molar-refractivity contribution >= 4 is 107 Å². The molecule has 8 aromatic carbocycles. The van der Waals surface area contributed by atoms with Gasteiger partial charge in [-0.25, -0.2) is 15.0 Å². The number of benzene rings is 8. The summed E-state index contributed by atoms with van der Waals surface area (Å²) < 4.78 is 9.96. The Morgan fingerprint density at radius 3 is 1.93 bits per heavy atom. The Hall–Kier alpha value is -7.97. The maximum absolute atomic E-state index is 5.46. The number of hydrogen-bond acceptors (Lipinski definition) is 5. The summed E-state index contributed by atoms with van der Waals surface area (Å²) in [4.78, 5) is 16.2. The largest absolute Gasteiger partial charge is 0.333 e. The van der Waals surface area contributed by atoms with Gasteiger partial charge in [-0.05, 0) is 104 Å². The van der Waals surface area contributed by atoms with Crippen LogP contribution in [0.4, 0.5) is 0 Å². The van der Waals surface area contributed by atoms with Gasteiger partial charge in [0.2, 0.25) is 0 Å². The van der Waals surface area contributed by atoms with Gasteiger partial charge in [0.05, 0.1) is 22.8 Å². The van der Waals surface area contributed by atoms with Crippen LogP contribution in [0.15, 0.2) is 200 Å². The fourth-order valence-electron chi connectivity index (χ4n) is 11.6. The van der Waals surface area contributed by atoms with Gasteiger partial charge in [0, 0.05) is 90.0 Å². The predicted octanol–water partition coefficient (Wildman–Crippen LogP) is 17.7. The lowest BCUT2D eigenvalue weighted by atomic mass is 9.93. The summed E-state index contributed by atoms with van der Waals surface area (Å²) in [5.41, 5.74) is 10.5. The number of para-hydroxylation sites is 2. The van der Waals surface area contributed by atoms with Crippen LogP contribution in [0, 0.1) is 0 Å². The van der Waals surface area contributed by atoms with Crippen LogP contribution >= 0.6 is 22.7 Å². The first-order valence-corrected chi connectivity index (χ1v) is 26.0. The minimum absolute atomic E-state index is 0.219. The molecule has 0 amide bonds. The lowest BCUT2D eigenvalue weighted by Crippen LogP contribution is -2.10. The lowest BCUT2D eigenvalue weighted by molar-refractivity contribution is 0.581. The summed E-state index contributed by atoms with van der Waals surface area (Å²) in [7, 11) is 0. The minimum Gasteiger partial charge on any atom is -0.333 e. The van der Waals surface area contributed by atoms with Crippen LogP contribution in [0.3, 0.4) is 0 Å². The van der Waals surface area contributed by atoms with Gasteiger partial charge in [0.1, 0.15) is 5.82 Å². The molecule has 5 nitrogen and oxygen atoms in total. The van der Waals surface area contributed by atoms with Crippen molar-refractivity contribution in [3.05, 3.63) is 206 Å². The second-order valence-electron chi connectivity index (χ2n) is 18.9. The van der Waals surface area contributed by atoms with Crippen molar-refractivity contribution in [3.8, 4) is 39.6 Å². The van der Waals surface area contributed by atoms with Gasteiger partial charge < -0.3 is 9.13 Å². The van der Waals surface area contributed by atoms with Crippen LogP contribution in [0.1, 0.15) is 43.5 Å². The smallest absolute Gasteiger partial charge is 0.165 e. The average Bonchev–Trinajstić information content (AvgIpc) is 4.18. The van der Waals surface area contributed by atoms with Gasteiger partial charge in [-0.2, -0.15) is 0 Å². The zero-order valence-corrected chi connectivity index (χ0v) is 39.7. The van der Waals surface area contributed by atoms with E-state index < -0.39 is 0 Å². The Kier molecular flexibility index (Phi) is 9.01. The fourth-order valence-corrected chi connectivity index (χ4v) is 14.0. The highest BCUT2D eigenvalue weighted by Crippen LogP contribution is 2.46. The standard InChI is InChI=1S/C63H43N5S2/c1-3-16-38(17-4-1)61-64-62(66-63(65-61)48-25-15-24-46-45-22-9-13-28-56(45)70-60(46)48)41-36-55(59-47-23-10-14-29-57(47)69-58(59)37-41)68-52-27-12-8-21-44(52)50-35-40(31-33-54(50)68)39-30-32-53-49(34-39)43-20-7-11-26-51(43)67(53)42-18-5-2-6-19-42/h1-3,5-15,18,20-38,42H,4,16-17,19H2. The second-order valence-corrected chi connectivity index (χ2v) is 21.0. The van der Waals surface area contributed by atoms with E-state index in [-0.39, 0.29) is 12.0 Å². The van der Waals surface area contributed by atoms with Crippen molar-refractivity contribution in [1.82, 2.24) is 24.1 Å². The van der Waals surface area contributed by atoms with Gasteiger partial charge in [-0.1, -0.05) is 134 Å². The maximum atomic E-state index is 5.46. The maximum Gasteiger partial charge on any atom is 0.165 e. The number of rotatable bonds is 6. The Morgan fingerprint density at radius 2 is 1.13 bits per heavy atom. The Bertz CT molecular complexity index is 4400. The molecule has 13 aromatic rings. The number of fused-ring (bicyclic) bond motifs is 12. The molecule has 2 aliphatic rings. The Morgan fingerprint density at radius 1 is 0.457 bits per heavy atom. The fraction of sp³-hybridized carbons (Fsp3) is 0.0952. The van der Waals surface area contributed by atoms with Crippen molar-refractivity contribution in [2.45, 2.75) is 37.6 Å². The molecule has 2 unspecified atom stereocenters. The molecule has 0 bridgehead atoms. The van der Waals surface area contributed by atoms with Crippen LogP contribution in [-0.2, 0) is 0 Å². The molecule has 0 fully saturated rings. The van der Waals surface area contributed by atoms with Gasteiger partial charge in [-0.15, -0.1) is 22.7 Å². The lowest BCUT2D eigenvalue weighted by Gasteiger charge is -2.18. The first kappa shape index (κ1) is 40.0. The Labute approximate surface area is 411 Å². The van der Waals surface area contributed by atoms with Crippen LogP contribution in [0.2, 0.25) is 0 Å². The van der Waals surface area contributed by atoms with E-state index in [1.54, 1.807) is 0 Å². The molecule has 0 N–H and O–H groups in total. The summed E-state index contributed by atoms with van der Waals surface area (Å²) >= 11 is 3.66. The summed E-state index contributed by atoms with van der Waals surface area (Å²) in [5.74, 6) is 2.54. The van der Waals surface area contributed by atoms with Crippen molar-refractivity contribution < 1.29 is 0 Å². The van der Waals surface area contributed by atoms with E-state index >= 15 is 0 Å². The van der Waals surface area contributed by atoms with E-state index in [4.69, 9.17) is 15.0 Å². The molecular weight excluding hydrogens is 891 g/mol. The summed E-state index contributed by atoms with van der Waals surface area (Å²) in [6.07, 6.45) is 17.5. The molecule has 332 valence electrons. The van der Waals surface area contributed by atoms with Crippen LogP contribution in [0.5, 0.6) is 0 Å². The third-order valence-electron chi connectivity index (χ3n) is 14.9. The van der Waals surface area contributed by atoms with E-state index in [2.05, 4.69) is 209 Å². The second kappa shape index (κ2) is 15.8. The van der Waals surface area contributed by atoms with E-state index in [0.29, 0.717) is 5.82 Å². The van der Waals surface area contributed by atoms with Gasteiger partial charge in [0.25, 0.3) is 0 Å². The van der Waals surface area contributed by atoms with E-state index in [9.17, 15) is 0 Å². The molecule has 70 heavy (non-hydrogen) atoms. The van der Waals surface area contributed by atoms with Crippen LogP contribution in [0.25, 0.3) is 124 Å². The molecule has 15 rings (SSSR count). The zero-order chi connectivity index (χ0) is 45.9. The molecule has 7 heteroatoms.